The number of Topliss-reactive ketones (excluding diaryl/α,β-unsaturated/α-hetero) is 1. The predicted octanol–water partition coefficient (Wildman–Crippen LogP) is 3.52. The number of alkyl halides is 1. The van der Waals surface area contributed by atoms with Crippen molar-refractivity contribution < 1.29 is 38.1 Å². The van der Waals surface area contributed by atoms with Crippen LogP contribution in [0.4, 0.5) is 4.39 Å². The lowest BCUT2D eigenvalue weighted by Gasteiger charge is -2.62. The van der Waals surface area contributed by atoms with Gasteiger partial charge in [-0.15, -0.1) is 0 Å². The maximum atomic E-state index is 17.4. The van der Waals surface area contributed by atoms with Crippen LogP contribution in [0.1, 0.15) is 72.1 Å². The summed E-state index contributed by atoms with van der Waals surface area (Å²) in [5.74, 6) is -2.80. The third-order valence-electron chi connectivity index (χ3n) is 10.7. The molecule has 5 fully saturated rings. The molecule has 8 heteroatoms. The first-order chi connectivity index (χ1) is 16.9. The van der Waals surface area contributed by atoms with E-state index in [1.807, 2.05) is 6.92 Å². The number of rotatable bonds is 3. The standard InChI is InChI=1S/C28H35FO7/c1-16(30)34-15-22(33)28-23(35-26(36-28)9-4-5-10-26)13-20-19-7-6-17-12-18(31)8-11-24(17,2)27(19,29)21(32)14-25(20,28)3/h8,11-12,19-21,23,32H,4-7,9-10,13-15H2,1-3H3/t19?,20?,21-,23+,24?,25?,27-,28+/m0/s1. The molecule has 6 aliphatic rings. The number of carbonyl (C=O) groups excluding carboxylic acids is 3. The molecule has 36 heavy (non-hydrogen) atoms. The van der Waals surface area contributed by atoms with Crippen LogP contribution in [-0.4, -0.2) is 58.5 Å². The Morgan fingerprint density at radius 3 is 2.64 bits per heavy atom. The van der Waals surface area contributed by atoms with E-state index in [0.29, 0.717) is 37.7 Å². The van der Waals surface area contributed by atoms with Gasteiger partial charge < -0.3 is 19.3 Å². The smallest absolute Gasteiger partial charge is 0.303 e. The summed E-state index contributed by atoms with van der Waals surface area (Å²) in [6.45, 7) is 4.52. The Morgan fingerprint density at radius 1 is 1.22 bits per heavy atom. The number of esters is 1. The summed E-state index contributed by atoms with van der Waals surface area (Å²) in [5, 5.41) is 11.6. The third-order valence-corrected chi connectivity index (χ3v) is 10.7. The summed E-state index contributed by atoms with van der Waals surface area (Å²) in [4.78, 5) is 37.5. The molecule has 4 unspecified atom stereocenters. The molecule has 1 heterocycles. The lowest BCUT2D eigenvalue weighted by molar-refractivity contribution is -0.253. The molecule has 1 N–H and O–H groups in total. The molecule has 0 aromatic rings. The van der Waals surface area contributed by atoms with Gasteiger partial charge in [-0.05, 0) is 63.5 Å². The van der Waals surface area contributed by atoms with Gasteiger partial charge in [-0.25, -0.2) is 4.39 Å². The Kier molecular flexibility index (Phi) is 5.14. The molecule has 6 rings (SSSR count). The van der Waals surface area contributed by atoms with Crippen LogP contribution in [0.5, 0.6) is 0 Å². The first-order valence-corrected chi connectivity index (χ1v) is 13.3. The van der Waals surface area contributed by atoms with Gasteiger partial charge in [-0.1, -0.05) is 18.6 Å². The number of fused-ring (bicyclic) bond motifs is 7. The fourth-order valence-corrected chi connectivity index (χ4v) is 9.04. The Balaban J connectivity index is 1.44. The third kappa shape index (κ3) is 2.81. The van der Waals surface area contributed by atoms with Crippen LogP contribution >= 0.6 is 0 Å². The Hall–Kier alpha value is -1.90. The molecule has 196 valence electrons. The molecular weight excluding hydrogens is 467 g/mol. The fraction of sp³-hybridized carbons (Fsp3) is 0.750. The molecule has 5 aliphatic carbocycles. The molecular formula is C28H35FO7. The number of ether oxygens (including phenoxy) is 3. The van der Waals surface area contributed by atoms with E-state index in [9.17, 15) is 19.5 Å². The Morgan fingerprint density at radius 2 is 1.94 bits per heavy atom. The number of ketones is 2. The molecule has 0 bridgehead atoms. The minimum Gasteiger partial charge on any atom is -0.458 e. The van der Waals surface area contributed by atoms with Crippen molar-refractivity contribution in [1.82, 2.24) is 0 Å². The molecule has 0 aromatic carbocycles. The van der Waals surface area contributed by atoms with E-state index in [0.717, 1.165) is 12.8 Å². The van der Waals surface area contributed by atoms with Crippen LogP contribution in [0.25, 0.3) is 0 Å². The molecule has 0 radical (unpaired) electrons. The number of aliphatic hydroxyl groups excluding tert-OH is 1. The zero-order valence-corrected chi connectivity index (χ0v) is 21.2. The van der Waals surface area contributed by atoms with Gasteiger partial charge in [0, 0.05) is 36.5 Å². The predicted molar refractivity (Wildman–Crippen MR) is 125 cm³/mol. The number of allylic oxidation sites excluding steroid dienone is 4. The van der Waals surface area contributed by atoms with Crippen molar-refractivity contribution in [2.75, 3.05) is 6.61 Å². The monoisotopic (exact) mass is 502 g/mol. The van der Waals surface area contributed by atoms with E-state index in [-0.39, 0.29) is 23.9 Å². The summed E-state index contributed by atoms with van der Waals surface area (Å²) in [6, 6.07) is 0. The van der Waals surface area contributed by atoms with Crippen LogP contribution in [0.15, 0.2) is 23.8 Å². The SMILES string of the molecule is CC(=O)OCC(=O)[C@@]12OC3(CCCC3)O[C@@H]1CC1C3CCC4=CC(=O)C=CC4(C)[C@@]3(F)[C@@H](O)CC12C. The molecule has 8 atom stereocenters. The maximum Gasteiger partial charge on any atom is 0.303 e. The van der Waals surface area contributed by atoms with Crippen molar-refractivity contribution in [3.8, 4) is 0 Å². The van der Waals surface area contributed by atoms with Gasteiger partial charge in [0.2, 0.25) is 5.78 Å². The van der Waals surface area contributed by atoms with Crippen molar-refractivity contribution in [3.05, 3.63) is 23.8 Å². The highest BCUT2D eigenvalue weighted by Gasteiger charge is 2.80. The van der Waals surface area contributed by atoms with Crippen molar-refractivity contribution in [2.45, 2.75) is 101 Å². The highest BCUT2D eigenvalue weighted by molar-refractivity contribution is 6.01. The van der Waals surface area contributed by atoms with Gasteiger partial charge in [0.15, 0.2) is 29.4 Å². The second-order valence-corrected chi connectivity index (χ2v) is 12.3. The molecule has 4 saturated carbocycles. The van der Waals surface area contributed by atoms with E-state index in [4.69, 9.17) is 14.2 Å². The highest BCUT2D eigenvalue weighted by Crippen LogP contribution is 2.73. The first-order valence-electron chi connectivity index (χ1n) is 13.3. The number of hydrogen-bond donors (Lipinski definition) is 1. The van der Waals surface area contributed by atoms with Crippen molar-refractivity contribution in [1.29, 1.82) is 0 Å². The molecule has 1 aliphatic heterocycles. The number of carbonyl (C=O) groups is 3. The van der Waals surface area contributed by atoms with E-state index in [1.165, 1.54) is 19.1 Å². The number of hydrogen-bond acceptors (Lipinski definition) is 7. The molecule has 7 nitrogen and oxygen atoms in total. The topological polar surface area (TPSA) is 99.1 Å². The summed E-state index contributed by atoms with van der Waals surface area (Å²) in [5.41, 5.74) is -4.72. The average Bonchev–Trinajstić information content (AvgIpc) is 3.47. The summed E-state index contributed by atoms with van der Waals surface area (Å²) < 4.78 is 35.8. The van der Waals surface area contributed by atoms with Crippen LogP contribution in [-0.2, 0) is 28.6 Å². The molecule has 1 saturated heterocycles. The zero-order chi connectivity index (χ0) is 25.7. The quantitative estimate of drug-likeness (QED) is 0.590. The molecule has 1 spiro atoms. The minimum atomic E-state index is -2.00. The fourth-order valence-electron chi connectivity index (χ4n) is 9.04. The van der Waals surface area contributed by atoms with E-state index < -0.39 is 58.6 Å². The zero-order valence-electron chi connectivity index (χ0n) is 21.2. The van der Waals surface area contributed by atoms with Gasteiger partial charge in [-0.3, -0.25) is 14.4 Å². The largest absolute Gasteiger partial charge is 0.458 e. The summed E-state index contributed by atoms with van der Waals surface area (Å²) in [6.07, 6.45) is 7.23. The Bertz CT molecular complexity index is 1090. The summed E-state index contributed by atoms with van der Waals surface area (Å²) >= 11 is 0. The van der Waals surface area contributed by atoms with Crippen molar-refractivity contribution in [2.24, 2.45) is 22.7 Å². The van der Waals surface area contributed by atoms with Gasteiger partial charge in [0.05, 0.1) is 12.2 Å². The first kappa shape index (κ1) is 24.4. The second-order valence-electron chi connectivity index (χ2n) is 12.3. The lowest BCUT2D eigenvalue weighted by atomic mass is 9.44. The maximum absolute atomic E-state index is 17.4. The van der Waals surface area contributed by atoms with Gasteiger partial charge >= 0.3 is 5.97 Å². The van der Waals surface area contributed by atoms with Crippen LogP contribution in [0.2, 0.25) is 0 Å². The molecule has 0 amide bonds. The molecule has 0 aromatic heterocycles. The minimum absolute atomic E-state index is 0.0110. The van der Waals surface area contributed by atoms with Gasteiger partial charge in [0.25, 0.3) is 0 Å². The normalized spacial score (nSPS) is 48.1. The van der Waals surface area contributed by atoms with E-state index in [2.05, 4.69) is 0 Å². The highest BCUT2D eigenvalue weighted by atomic mass is 19.1. The van der Waals surface area contributed by atoms with E-state index in [1.54, 1.807) is 13.0 Å². The average molecular weight is 503 g/mol. The van der Waals surface area contributed by atoms with Crippen molar-refractivity contribution in [3.63, 3.8) is 0 Å². The van der Waals surface area contributed by atoms with Crippen LogP contribution in [0.3, 0.4) is 0 Å². The van der Waals surface area contributed by atoms with Gasteiger partial charge in [-0.2, -0.15) is 0 Å². The number of aliphatic hydroxyl groups is 1. The van der Waals surface area contributed by atoms with Crippen molar-refractivity contribution >= 4 is 17.5 Å². The summed E-state index contributed by atoms with van der Waals surface area (Å²) in [7, 11) is 0. The van der Waals surface area contributed by atoms with E-state index >= 15 is 4.39 Å². The lowest BCUT2D eigenvalue weighted by Crippen LogP contribution is -2.70. The number of halogens is 1. The van der Waals surface area contributed by atoms with Crippen LogP contribution < -0.4 is 0 Å². The Labute approximate surface area is 210 Å². The second kappa shape index (κ2) is 7.58. The van der Waals surface area contributed by atoms with Gasteiger partial charge in [0.1, 0.15) is 0 Å². The van der Waals surface area contributed by atoms with Crippen LogP contribution in [0, 0.1) is 22.7 Å².